The maximum absolute atomic E-state index is 12.0. The van der Waals surface area contributed by atoms with Crippen LogP contribution in [-0.2, 0) is 11.3 Å². The predicted octanol–water partition coefficient (Wildman–Crippen LogP) is -0.660. The van der Waals surface area contributed by atoms with Crippen LogP contribution in [0.5, 0.6) is 0 Å². The van der Waals surface area contributed by atoms with Crippen LogP contribution in [0.2, 0.25) is 0 Å². The molecule has 1 aliphatic heterocycles. The van der Waals surface area contributed by atoms with E-state index in [1.807, 2.05) is 16.8 Å². The minimum absolute atomic E-state index is 0.183. The molecule has 0 saturated carbocycles. The second-order valence-electron chi connectivity index (χ2n) is 4.50. The molecule has 0 aromatic carbocycles. The van der Waals surface area contributed by atoms with Gasteiger partial charge in [-0.3, -0.25) is 19.7 Å². The molecule has 1 aromatic heterocycles. The summed E-state index contributed by atoms with van der Waals surface area (Å²) in [5.74, 6) is 0.183. The Morgan fingerprint density at radius 3 is 2.89 bits per heavy atom. The number of nitrogens with zero attached hydrogens (tertiary/aromatic N) is 4. The van der Waals surface area contributed by atoms with Crippen molar-refractivity contribution in [2.24, 2.45) is 0 Å². The summed E-state index contributed by atoms with van der Waals surface area (Å²) in [7, 11) is 1.93. The molecule has 1 N–H and O–H groups in total. The van der Waals surface area contributed by atoms with Crippen molar-refractivity contribution in [3.8, 4) is 0 Å². The highest BCUT2D eigenvalue weighted by atomic mass is 16.2. The summed E-state index contributed by atoms with van der Waals surface area (Å²) in [4.78, 5) is 24.1. The van der Waals surface area contributed by atoms with E-state index >= 15 is 0 Å². The molecule has 0 aliphatic carbocycles. The Balaban J connectivity index is 1.79. The minimum Gasteiger partial charge on any atom is -0.339 e. The van der Waals surface area contributed by atoms with Crippen LogP contribution < -0.4 is 5.32 Å². The molecule has 0 bridgehead atoms. The van der Waals surface area contributed by atoms with Crippen molar-refractivity contribution in [3.63, 3.8) is 0 Å². The highest BCUT2D eigenvalue weighted by Gasteiger charge is 2.17. The van der Waals surface area contributed by atoms with E-state index in [2.05, 4.69) is 15.3 Å². The number of likely N-dealkylation sites (N-methyl/N-ethyl adjacent to an activating group) is 1. The van der Waals surface area contributed by atoms with Gasteiger partial charge in [0.1, 0.15) is 0 Å². The van der Waals surface area contributed by atoms with Gasteiger partial charge >= 0.3 is 0 Å². The van der Waals surface area contributed by atoms with Gasteiger partial charge in [-0.05, 0) is 7.05 Å². The van der Waals surface area contributed by atoms with E-state index in [1.54, 1.807) is 18.6 Å². The largest absolute Gasteiger partial charge is 0.339 e. The molecule has 98 valence electrons. The van der Waals surface area contributed by atoms with Gasteiger partial charge in [0.25, 0.3) is 0 Å². The van der Waals surface area contributed by atoms with E-state index in [9.17, 15) is 4.79 Å². The Kier molecular flexibility index (Phi) is 4.60. The Morgan fingerprint density at radius 2 is 2.22 bits per heavy atom. The summed E-state index contributed by atoms with van der Waals surface area (Å²) in [6.07, 6.45) is 5.04. The molecule has 2 rings (SSSR count). The number of carbonyl (C=O) groups excluding carboxylic acids is 1. The monoisotopic (exact) mass is 249 g/mol. The van der Waals surface area contributed by atoms with E-state index < -0.39 is 0 Å². The maximum atomic E-state index is 12.0. The lowest BCUT2D eigenvalue weighted by Gasteiger charge is -2.29. The zero-order chi connectivity index (χ0) is 12.8. The van der Waals surface area contributed by atoms with Gasteiger partial charge in [-0.1, -0.05) is 0 Å². The molecule has 1 aliphatic rings. The van der Waals surface area contributed by atoms with E-state index in [0.717, 1.165) is 31.9 Å². The molecule has 6 nitrogen and oxygen atoms in total. The third-order valence-electron chi connectivity index (χ3n) is 2.92. The van der Waals surface area contributed by atoms with Gasteiger partial charge in [0.15, 0.2) is 0 Å². The smallest absolute Gasteiger partial charge is 0.236 e. The lowest BCUT2D eigenvalue weighted by Crippen LogP contribution is -2.49. The Hall–Kier alpha value is -1.53. The highest BCUT2D eigenvalue weighted by Crippen LogP contribution is 1.99. The molecule has 0 radical (unpaired) electrons. The fourth-order valence-electron chi connectivity index (χ4n) is 1.99. The number of piperazine rings is 1. The summed E-state index contributed by atoms with van der Waals surface area (Å²) in [5, 5.41) is 3.24. The van der Waals surface area contributed by atoms with E-state index in [4.69, 9.17) is 0 Å². The molecule has 6 heteroatoms. The van der Waals surface area contributed by atoms with Crippen LogP contribution in [0.15, 0.2) is 18.6 Å². The summed E-state index contributed by atoms with van der Waals surface area (Å²) < 4.78 is 0. The first-order valence-electron chi connectivity index (χ1n) is 6.17. The van der Waals surface area contributed by atoms with Crippen molar-refractivity contribution in [1.82, 2.24) is 25.1 Å². The Morgan fingerprint density at radius 1 is 1.44 bits per heavy atom. The standard InChI is InChI=1S/C12H19N5O/c1-16(9-11-8-14-2-3-15-11)10-12(18)17-6-4-13-5-7-17/h2-3,8,13H,4-7,9-10H2,1H3. The average Bonchev–Trinajstić information content (AvgIpc) is 2.40. The fourth-order valence-corrected chi connectivity index (χ4v) is 1.99. The molecule has 0 spiro atoms. The zero-order valence-corrected chi connectivity index (χ0v) is 10.7. The average molecular weight is 249 g/mol. The first kappa shape index (κ1) is 12.9. The van der Waals surface area contributed by atoms with E-state index in [0.29, 0.717) is 13.1 Å². The molecule has 1 aromatic rings. The van der Waals surface area contributed by atoms with Gasteiger partial charge in [0.2, 0.25) is 5.91 Å². The first-order chi connectivity index (χ1) is 8.75. The van der Waals surface area contributed by atoms with Crippen molar-refractivity contribution < 1.29 is 4.79 Å². The molecule has 2 heterocycles. The van der Waals surface area contributed by atoms with Gasteiger partial charge in [-0.25, -0.2) is 0 Å². The lowest BCUT2D eigenvalue weighted by atomic mass is 10.3. The fraction of sp³-hybridized carbons (Fsp3) is 0.583. The van der Waals surface area contributed by atoms with Gasteiger partial charge in [-0.15, -0.1) is 0 Å². The molecule has 1 amide bonds. The zero-order valence-electron chi connectivity index (χ0n) is 10.7. The van der Waals surface area contributed by atoms with Crippen LogP contribution in [0, 0.1) is 0 Å². The van der Waals surface area contributed by atoms with Gasteiger partial charge in [-0.2, -0.15) is 0 Å². The number of aromatic nitrogens is 2. The van der Waals surface area contributed by atoms with Gasteiger partial charge < -0.3 is 10.2 Å². The molecule has 18 heavy (non-hydrogen) atoms. The van der Waals surface area contributed by atoms with Crippen LogP contribution in [0.3, 0.4) is 0 Å². The second kappa shape index (κ2) is 6.42. The summed E-state index contributed by atoms with van der Waals surface area (Å²) >= 11 is 0. The molecular formula is C12H19N5O. The van der Waals surface area contributed by atoms with Crippen LogP contribution in [0.1, 0.15) is 5.69 Å². The van der Waals surface area contributed by atoms with Crippen molar-refractivity contribution in [3.05, 3.63) is 24.3 Å². The number of rotatable bonds is 4. The maximum Gasteiger partial charge on any atom is 0.236 e. The molecular weight excluding hydrogens is 230 g/mol. The van der Waals surface area contributed by atoms with Crippen molar-refractivity contribution in [2.45, 2.75) is 6.54 Å². The van der Waals surface area contributed by atoms with Gasteiger partial charge in [0, 0.05) is 51.3 Å². The summed E-state index contributed by atoms with van der Waals surface area (Å²) in [6.45, 7) is 4.46. The Labute approximate surface area is 107 Å². The van der Waals surface area contributed by atoms with Crippen LogP contribution in [0.4, 0.5) is 0 Å². The lowest BCUT2D eigenvalue weighted by molar-refractivity contribution is -0.132. The molecule has 1 saturated heterocycles. The SMILES string of the molecule is CN(CC(=O)N1CCNCC1)Cc1cnccn1. The van der Waals surface area contributed by atoms with Crippen LogP contribution in [0.25, 0.3) is 0 Å². The quantitative estimate of drug-likeness (QED) is 0.767. The summed E-state index contributed by atoms with van der Waals surface area (Å²) in [6, 6.07) is 0. The second-order valence-corrected chi connectivity index (χ2v) is 4.50. The number of nitrogens with one attached hydrogen (secondary N) is 1. The van der Waals surface area contributed by atoms with Crippen LogP contribution in [-0.4, -0.2) is 65.4 Å². The first-order valence-corrected chi connectivity index (χ1v) is 6.17. The number of hydrogen-bond donors (Lipinski definition) is 1. The number of amides is 1. The Bertz CT molecular complexity index is 377. The number of carbonyl (C=O) groups is 1. The minimum atomic E-state index is 0.183. The third-order valence-corrected chi connectivity index (χ3v) is 2.92. The summed E-state index contributed by atoms with van der Waals surface area (Å²) in [5.41, 5.74) is 0.883. The van der Waals surface area contributed by atoms with E-state index in [-0.39, 0.29) is 5.91 Å². The van der Waals surface area contributed by atoms with Crippen molar-refractivity contribution in [2.75, 3.05) is 39.8 Å². The van der Waals surface area contributed by atoms with E-state index in [1.165, 1.54) is 0 Å². The van der Waals surface area contributed by atoms with Crippen molar-refractivity contribution in [1.29, 1.82) is 0 Å². The molecule has 1 fully saturated rings. The van der Waals surface area contributed by atoms with Gasteiger partial charge in [0.05, 0.1) is 12.2 Å². The van der Waals surface area contributed by atoms with Crippen LogP contribution >= 0.6 is 0 Å². The molecule has 0 unspecified atom stereocenters. The normalized spacial score (nSPS) is 16.0. The molecule has 0 atom stereocenters. The topological polar surface area (TPSA) is 61.4 Å². The number of hydrogen-bond acceptors (Lipinski definition) is 5. The third kappa shape index (κ3) is 3.75. The predicted molar refractivity (Wildman–Crippen MR) is 67.8 cm³/mol. The highest BCUT2D eigenvalue weighted by molar-refractivity contribution is 5.78. The van der Waals surface area contributed by atoms with Crippen molar-refractivity contribution >= 4 is 5.91 Å².